The van der Waals surface area contributed by atoms with Crippen LogP contribution < -0.4 is 0 Å². The summed E-state index contributed by atoms with van der Waals surface area (Å²) in [6.45, 7) is 2.23. The van der Waals surface area contributed by atoms with E-state index in [2.05, 4.69) is 4.74 Å². The van der Waals surface area contributed by atoms with E-state index in [4.69, 9.17) is 0 Å². The van der Waals surface area contributed by atoms with Crippen LogP contribution >= 0.6 is 8.46 Å². The highest BCUT2D eigenvalue weighted by Crippen LogP contribution is 1.97. The highest BCUT2D eigenvalue weighted by atomic mass is 31.1. The van der Waals surface area contributed by atoms with Gasteiger partial charge in [-0.15, -0.1) is 0 Å². The van der Waals surface area contributed by atoms with E-state index in [0.29, 0.717) is 6.61 Å². The molecule has 0 amide bonds. The molecule has 0 fully saturated rings. The number of hydrogen-bond acceptors (Lipinski definition) is 3. The predicted molar refractivity (Wildman–Crippen MR) is 29.2 cm³/mol. The molecule has 0 unspecified atom stereocenters. The van der Waals surface area contributed by atoms with Crippen LogP contribution in [0.4, 0.5) is 4.79 Å². The molecule has 0 aliphatic rings. The summed E-state index contributed by atoms with van der Waals surface area (Å²) >= 11 is 0. The fourth-order valence-electron chi connectivity index (χ4n) is 0.216. The molecular weight excluding hydrogens is 127 g/mol. The van der Waals surface area contributed by atoms with Gasteiger partial charge in [0.25, 0.3) is 8.46 Å². The lowest BCUT2D eigenvalue weighted by Crippen LogP contribution is -1.93. The van der Waals surface area contributed by atoms with Gasteiger partial charge in [0.05, 0.1) is 6.61 Å². The molecule has 0 bridgehead atoms. The molecule has 0 aliphatic carbocycles. The van der Waals surface area contributed by atoms with Gasteiger partial charge in [0, 0.05) is 0 Å². The van der Waals surface area contributed by atoms with Crippen molar-refractivity contribution in [3.63, 3.8) is 0 Å². The van der Waals surface area contributed by atoms with Crippen LogP contribution in [-0.2, 0) is 9.30 Å². The van der Waals surface area contributed by atoms with Gasteiger partial charge >= 0.3 is 5.71 Å². The van der Waals surface area contributed by atoms with Gasteiger partial charge < -0.3 is 4.74 Å². The quantitative estimate of drug-likeness (QED) is 0.553. The molecule has 0 saturated carbocycles. The first-order valence-corrected chi connectivity index (χ1v) is 3.12. The van der Waals surface area contributed by atoms with Crippen LogP contribution in [0.15, 0.2) is 0 Å². The fourth-order valence-corrected chi connectivity index (χ4v) is 0.360. The standard InChI is InChI=1S/C4H7O3P/c1-2-3-7-4(5)8-6/h2-3H2,1H3. The third kappa shape index (κ3) is 3.75. The van der Waals surface area contributed by atoms with E-state index in [0.717, 1.165) is 6.42 Å². The Labute approximate surface area is 49.2 Å². The summed E-state index contributed by atoms with van der Waals surface area (Å²) in [5, 5.41) is 0. The molecule has 0 N–H and O–H groups in total. The Morgan fingerprint density at radius 3 is 2.75 bits per heavy atom. The van der Waals surface area contributed by atoms with Crippen LogP contribution in [0.1, 0.15) is 13.3 Å². The lowest BCUT2D eigenvalue weighted by Gasteiger charge is -1.92. The van der Waals surface area contributed by atoms with Gasteiger partial charge in [-0.1, -0.05) is 6.92 Å². The van der Waals surface area contributed by atoms with Crippen molar-refractivity contribution in [1.82, 2.24) is 0 Å². The second-order valence-electron chi connectivity index (χ2n) is 1.21. The third-order valence-electron chi connectivity index (χ3n) is 0.504. The van der Waals surface area contributed by atoms with E-state index in [9.17, 15) is 9.36 Å². The smallest absolute Gasteiger partial charge is 0.398 e. The monoisotopic (exact) mass is 134 g/mol. The van der Waals surface area contributed by atoms with Gasteiger partial charge in [-0.05, 0) is 6.42 Å². The molecule has 8 heavy (non-hydrogen) atoms. The second kappa shape index (κ2) is 4.72. The third-order valence-corrected chi connectivity index (χ3v) is 0.782. The largest absolute Gasteiger partial charge is 0.457 e. The summed E-state index contributed by atoms with van der Waals surface area (Å²) in [5.41, 5.74) is -0.688. The number of carbonyl (C=O) groups is 1. The molecular formula is C4H7O3P. The topological polar surface area (TPSA) is 43.4 Å². The molecule has 0 spiro atoms. The Balaban J connectivity index is 3.11. The first kappa shape index (κ1) is 7.57. The number of hydrogen-bond donors (Lipinski definition) is 0. The molecule has 0 radical (unpaired) electrons. The van der Waals surface area contributed by atoms with Gasteiger partial charge in [0.1, 0.15) is 0 Å². The molecule has 0 aromatic carbocycles. The summed E-state index contributed by atoms with van der Waals surface area (Å²) in [5.74, 6) is 0. The van der Waals surface area contributed by atoms with Gasteiger partial charge in [-0.2, -0.15) is 0 Å². The Morgan fingerprint density at radius 2 is 2.38 bits per heavy atom. The van der Waals surface area contributed by atoms with Crippen molar-refractivity contribution in [1.29, 1.82) is 0 Å². The van der Waals surface area contributed by atoms with Crippen molar-refractivity contribution in [2.75, 3.05) is 6.61 Å². The molecule has 3 nitrogen and oxygen atoms in total. The lowest BCUT2D eigenvalue weighted by atomic mass is 10.5. The van der Waals surface area contributed by atoms with Crippen molar-refractivity contribution in [3.8, 4) is 0 Å². The molecule has 0 rings (SSSR count). The Morgan fingerprint density at radius 1 is 1.75 bits per heavy atom. The van der Waals surface area contributed by atoms with Crippen LogP contribution in [-0.4, -0.2) is 12.3 Å². The van der Waals surface area contributed by atoms with E-state index >= 15 is 0 Å². The van der Waals surface area contributed by atoms with Crippen LogP contribution in [0, 0.1) is 0 Å². The minimum absolute atomic E-state index is 0.355. The molecule has 46 valence electrons. The maximum Gasteiger partial charge on any atom is 0.398 e. The number of ether oxygens (including phenoxy) is 1. The minimum Gasteiger partial charge on any atom is -0.457 e. The van der Waals surface area contributed by atoms with Crippen molar-refractivity contribution in [2.45, 2.75) is 13.3 Å². The summed E-state index contributed by atoms with van der Waals surface area (Å²) in [6, 6.07) is 0. The van der Waals surface area contributed by atoms with Gasteiger partial charge in [0.15, 0.2) is 0 Å². The average molecular weight is 134 g/mol. The Kier molecular flexibility index (Phi) is 4.47. The first-order chi connectivity index (χ1) is 3.81. The maximum absolute atomic E-state index is 10.0. The van der Waals surface area contributed by atoms with Crippen LogP contribution in [0.3, 0.4) is 0 Å². The molecule has 0 atom stereocenters. The van der Waals surface area contributed by atoms with E-state index in [1.54, 1.807) is 0 Å². The van der Waals surface area contributed by atoms with E-state index < -0.39 is 14.2 Å². The molecule has 0 saturated heterocycles. The molecule has 0 aliphatic heterocycles. The van der Waals surface area contributed by atoms with Crippen molar-refractivity contribution in [2.24, 2.45) is 0 Å². The van der Waals surface area contributed by atoms with Crippen LogP contribution in [0.5, 0.6) is 0 Å². The highest BCUT2D eigenvalue weighted by Gasteiger charge is 1.96. The Bertz CT molecular complexity index is 91.3. The zero-order valence-corrected chi connectivity index (χ0v) is 5.48. The van der Waals surface area contributed by atoms with Gasteiger partial charge in [-0.3, -0.25) is 4.57 Å². The lowest BCUT2D eigenvalue weighted by molar-refractivity contribution is 0.173. The zero-order valence-electron chi connectivity index (χ0n) is 4.59. The summed E-state index contributed by atoms with van der Waals surface area (Å²) in [6.07, 6.45) is 0.765. The zero-order chi connectivity index (χ0) is 6.41. The SMILES string of the molecule is CCCOC(=O)P=O. The van der Waals surface area contributed by atoms with Crippen LogP contribution in [0.2, 0.25) is 0 Å². The first-order valence-electron chi connectivity index (χ1n) is 2.31. The fraction of sp³-hybridized carbons (Fsp3) is 0.750. The number of rotatable bonds is 3. The second-order valence-corrected chi connectivity index (χ2v) is 1.75. The molecule has 4 heteroatoms. The maximum atomic E-state index is 10.0. The molecule has 0 heterocycles. The molecule has 0 aromatic heterocycles. The van der Waals surface area contributed by atoms with Crippen LogP contribution in [0.25, 0.3) is 0 Å². The number of carbonyl (C=O) groups excluding carboxylic acids is 1. The van der Waals surface area contributed by atoms with Crippen molar-refractivity contribution < 1.29 is 14.1 Å². The van der Waals surface area contributed by atoms with E-state index in [-0.39, 0.29) is 0 Å². The predicted octanol–water partition coefficient (Wildman–Crippen LogP) is 1.82. The summed E-state index contributed by atoms with van der Waals surface area (Å²) in [7, 11) is -0.558. The van der Waals surface area contributed by atoms with E-state index in [1.807, 2.05) is 6.92 Å². The normalized spacial score (nSPS) is 9.12. The summed E-state index contributed by atoms with van der Waals surface area (Å²) in [4.78, 5) is 10.0. The van der Waals surface area contributed by atoms with Crippen molar-refractivity contribution in [3.05, 3.63) is 0 Å². The van der Waals surface area contributed by atoms with Gasteiger partial charge in [-0.25, -0.2) is 4.79 Å². The Hall–Kier alpha value is -0.430. The van der Waals surface area contributed by atoms with E-state index in [1.165, 1.54) is 0 Å². The highest BCUT2D eigenvalue weighted by molar-refractivity contribution is 7.45. The minimum atomic E-state index is -0.688. The summed E-state index contributed by atoms with van der Waals surface area (Å²) < 4.78 is 14.0. The van der Waals surface area contributed by atoms with Gasteiger partial charge in [0.2, 0.25) is 0 Å². The van der Waals surface area contributed by atoms with Crippen molar-refractivity contribution >= 4 is 14.2 Å². The average Bonchev–Trinajstić information content (AvgIpc) is 1.83. The molecule has 0 aromatic rings.